The van der Waals surface area contributed by atoms with Crippen LogP contribution in [0.3, 0.4) is 0 Å². The predicted octanol–water partition coefficient (Wildman–Crippen LogP) is 5.67. The molecule has 0 radical (unpaired) electrons. The summed E-state index contributed by atoms with van der Waals surface area (Å²) < 4.78 is 29.5. The first-order chi connectivity index (χ1) is 18.8. The number of rotatable bonds is 4. The molecule has 0 aromatic heterocycles. The molecular weight excluding hydrogens is 496 g/mol. The molecule has 2 atom stereocenters. The molecule has 3 aliphatic heterocycles. The quantitative estimate of drug-likeness (QED) is 0.221. The summed E-state index contributed by atoms with van der Waals surface area (Å²) in [6.07, 6.45) is 4.54. The maximum Gasteiger partial charge on any atom is 0.338 e. The lowest BCUT2D eigenvalue weighted by molar-refractivity contribution is -0.142. The fourth-order valence-corrected chi connectivity index (χ4v) is 5.45. The summed E-state index contributed by atoms with van der Waals surface area (Å²) in [6.45, 7) is 11.6. The van der Waals surface area contributed by atoms with Gasteiger partial charge in [-0.2, -0.15) is 0 Å². The second-order valence-corrected chi connectivity index (χ2v) is 10.1. The first-order valence-corrected chi connectivity index (χ1v) is 12.9. The Labute approximate surface area is 226 Å². The van der Waals surface area contributed by atoms with Gasteiger partial charge in [0.05, 0.1) is 12.0 Å². The van der Waals surface area contributed by atoms with Crippen molar-refractivity contribution in [2.75, 3.05) is 13.2 Å². The maximum absolute atomic E-state index is 12.3. The van der Waals surface area contributed by atoms with E-state index in [-0.39, 0.29) is 0 Å². The van der Waals surface area contributed by atoms with Crippen LogP contribution in [0.15, 0.2) is 96.0 Å². The van der Waals surface area contributed by atoms with Crippen LogP contribution in [-0.2, 0) is 29.2 Å². The third kappa shape index (κ3) is 4.24. The molecule has 3 heterocycles. The van der Waals surface area contributed by atoms with Gasteiger partial charge in [0.15, 0.2) is 11.5 Å². The first-order valence-electron chi connectivity index (χ1n) is 12.9. The monoisotopic (exact) mass is 524 g/mol. The van der Waals surface area contributed by atoms with Crippen molar-refractivity contribution < 1.29 is 33.3 Å². The van der Waals surface area contributed by atoms with Gasteiger partial charge in [-0.3, -0.25) is 0 Å². The summed E-state index contributed by atoms with van der Waals surface area (Å²) in [5, 5.41) is 0. The van der Waals surface area contributed by atoms with Crippen LogP contribution in [0, 0.1) is 0 Å². The van der Waals surface area contributed by atoms with Crippen LogP contribution in [0.5, 0.6) is 11.5 Å². The number of carbonyl (C=O) groups is 2. The maximum atomic E-state index is 12.3. The Kier molecular flexibility index (Phi) is 5.94. The average molecular weight is 525 g/mol. The van der Waals surface area contributed by atoms with Gasteiger partial charge in [-0.1, -0.05) is 49.6 Å². The largest absolute Gasteiger partial charge is 0.489 e. The van der Waals surface area contributed by atoms with E-state index in [4.69, 9.17) is 23.7 Å². The van der Waals surface area contributed by atoms with Crippen molar-refractivity contribution in [2.45, 2.75) is 38.2 Å². The van der Waals surface area contributed by atoms with Crippen LogP contribution in [-0.4, -0.2) is 31.3 Å². The highest BCUT2D eigenvalue weighted by Crippen LogP contribution is 2.57. The van der Waals surface area contributed by atoms with Crippen LogP contribution in [0.1, 0.15) is 43.4 Å². The van der Waals surface area contributed by atoms with Crippen molar-refractivity contribution in [3.8, 4) is 11.5 Å². The second kappa shape index (κ2) is 9.34. The fraction of sp³-hybridized carbons (Fsp3) is 0.250. The number of hydrogen-bond donors (Lipinski definition) is 0. The van der Waals surface area contributed by atoms with Crippen molar-refractivity contribution in [2.24, 2.45) is 0 Å². The molecule has 7 nitrogen and oxygen atoms in total. The standard InChI is InChI=1S/C32H28O7/c1-18(2)30(33)37-20-9-11-24-26(15-20)39-27-16-21(38-31(34)19(3)4)10-12-25(27)32(24)13-14-35-29(28-17-36-28)22-7-5-6-8-23(22)32/h5-9,11-12,15-16,21H,1,3,10,13-14,17H2,2,4H3/b29-28-. The zero-order chi connectivity index (χ0) is 27.3. The topological polar surface area (TPSA) is 83.6 Å². The third-order valence-corrected chi connectivity index (χ3v) is 7.31. The molecule has 1 aliphatic carbocycles. The van der Waals surface area contributed by atoms with Crippen LogP contribution >= 0.6 is 0 Å². The van der Waals surface area contributed by atoms with Gasteiger partial charge >= 0.3 is 11.9 Å². The Hall–Kier alpha value is -4.52. The van der Waals surface area contributed by atoms with E-state index in [0.717, 1.165) is 33.8 Å². The Bertz CT molecular complexity index is 1530. The summed E-state index contributed by atoms with van der Waals surface area (Å²) >= 11 is 0. The van der Waals surface area contributed by atoms with Gasteiger partial charge in [0.1, 0.15) is 30.0 Å². The second-order valence-electron chi connectivity index (χ2n) is 10.1. The van der Waals surface area contributed by atoms with Gasteiger partial charge in [0, 0.05) is 40.3 Å². The number of esters is 2. The average Bonchev–Trinajstić information content (AvgIpc) is 3.76. The Morgan fingerprint density at radius 1 is 1.00 bits per heavy atom. The molecule has 0 bridgehead atoms. The van der Waals surface area contributed by atoms with E-state index in [9.17, 15) is 9.59 Å². The van der Waals surface area contributed by atoms with E-state index in [1.807, 2.05) is 24.3 Å². The fourth-order valence-electron chi connectivity index (χ4n) is 5.45. The number of benzene rings is 2. The zero-order valence-corrected chi connectivity index (χ0v) is 21.9. The van der Waals surface area contributed by atoms with E-state index in [1.165, 1.54) is 0 Å². The van der Waals surface area contributed by atoms with Crippen LogP contribution in [0.25, 0.3) is 5.76 Å². The molecule has 2 aromatic carbocycles. The summed E-state index contributed by atoms with van der Waals surface area (Å²) in [6, 6.07) is 13.6. The third-order valence-electron chi connectivity index (χ3n) is 7.31. The van der Waals surface area contributed by atoms with Crippen molar-refractivity contribution in [1.29, 1.82) is 0 Å². The number of allylic oxidation sites excluding steroid dienone is 1. The lowest BCUT2D eigenvalue weighted by Gasteiger charge is -2.43. The van der Waals surface area contributed by atoms with E-state index >= 15 is 0 Å². The molecule has 6 rings (SSSR count). The van der Waals surface area contributed by atoms with E-state index in [0.29, 0.717) is 54.5 Å². The molecule has 39 heavy (non-hydrogen) atoms. The number of carbonyl (C=O) groups excluding carboxylic acids is 2. The van der Waals surface area contributed by atoms with E-state index in [1.54, 1.807) is 26.0 Å². The number of ether oxygens (including phenoxy) is 5. The van der Waals surface area contributed by atoms with Crippen LogP contribution < -0.4 is 9.47 Å². The van der Waals surface area contributed by atoms with Gasteiger partial charge in [0.2, 0.25) is 0 Å². The van der Waals surface area contributed by atoms with Crippen molar-refractivity contribution in [3.63, 3.8) is 0 Å². The summed E-state index contributed by atoms with van der Waals surface area (Å²) in [5.74, 6) is 2.11. The Balaban J connectivity index is 1.53. The summed E-state index contributed by atoms with van der Waals surface area (Å²) in [7, 11) is 0. The van der Waals surface area contributed by atoms with Gasteiger partial charge in [0.25, 0.3) is 0 Å². The highest BCUT2D eigenvalue weighted by molar-refractivity contribution is 5.89. The highest BCUT2D eigenvalue weighted by Gasteiger charge is 2.50. The molecule has 2 aromatic rings. The number of hydrogen-bond acceptors (Lipinski definition) is 7. The van der Waals surface area contributed by atoms with Gasteiger partial charge in [-0.25, -0.2) is 9.59 Å². The molecule has 0 amide bonds. The van der Waals surface area contributed by atoms with Crippen molar-refractivity contribution in [1.82, 2.24) is 0 Å². The Morgan fingerprint density at radius 3 is 2.51 bits per heavy atom. The highest BCUT2D eigenvalue weighted by atomic mass is 16.6. The zero-order valence-electron chi connectivity index (χ0n) is 21.9. The predicted molar refractivity (Wildman–Crippen MR) is 144 cm³/mol. The molecule has 4 aliphatic rings. The lowest BCUT2D eigenvalue weighted by atomic mass is 9.63. The summed E-state index contributed by atoms with van der Waals surface area (Å²) in [4.78, 5) is 24.5. The minimum atomic E-state index is -0.632. The first kappa shape index (κ1) is 24.8. The summed E-state index contributed by atoms with van der Waals surface area (Å²) in [5.41, 5.74) is 3.92. The Morgan fingerprint density at radius 2 is 1.77 bits per heavy atom. The lowest BCUT2D eigenvalue weighted by Crippen LogP contribution is -2.39. The number of epoxide rings is 1. The smallest absolute Gasteiger partial charge is 0.338 e. The molecule has 198 valence electrons. The molecule has 0 N–H and O–H groups in total. The molecule has 0 saturated carbocycles. The van der Waals surface area contributed by atoms with Gasteiger partial charge in [-0.05, 0) is 38.0 Å². The minimum absolute atomic E-state index is 0.296. The molecule has 7 heteroatoms. The molecule has 1 fully saturated rings. The van der Waals surface area contributed by atoms with Crippen molar-refractivity contribution in [3.05, 3.63) is 113 Å². The molecule has 1 spiro atoms. The molecular formula is C32H28O7. The van der Waals surface area contributed by atoms with Crippen molar-refractivity contribution >= 4 is 17.7 Å². The number of fused-ring (bicyclic) bond motifs is 6. The van der Waals surface area contributed by atoms with E-state index < -0.39 is 23.5 Å². The van der Waals surface area contributed by atoms with Gasteiger partial charge < -0.3 is 23.7 Å². The SMILES string of the molecule is C=C(C)C(=O)Oc1ccc2c(c1)OC1=CC(OC(=O)C(=C)C)CC=C1C21CCO/C(=C2/CO2)c2ccccc21. The van der Waals surface area contributed by atoms with Gasteiger partial charge in [-0.15, -0.1) is 0 Å². The van der Waals surface area contributed by atoms with Crippen LogP contribution in [0.2, 0.25) is 0 Å². The van der Waals surface area contributed by atoms with Crippen LogP contribution in [0.4, 0.5) is 0 Å². The minimum Gasteiger partial charge on any atom is -0.489 e. The van der Waals surface area contributed by atoms with E-state index in [2.05, 4.69) is 31.4 Å². The normalized spacial score (nSPS) is 24.1. The molecule has 1 saturated heterocycles. The molecule has 2 unspecified atom stereocenters.